The summed E-state index contributed by atoms with van der Waals surface area (Å²) in [7, 11) is 1.97. The maximum Gasteiger partial charge on any atom is 0.0679 e. The minimum atomic E-state index is 0.386. The normalized spacial score (nSPS) is 40.5. The van der Waals surface area contributed by atoms with Crippen molar-refractivity contribution >= 4 is 0 Å². The van der Waals surface area contributed by atoms with Gasteiger partial charge in [0.05, 0.1) is 6.10 Å². The minimum absolute atomic E-state index is 0.386. The van der Waals surface area contributed by atoms with E-state index in [1.165, 1.54) is 19.3 Å². The Morgan fingerprint density at radius 3 is 2.35 bits per heavy atom. The lowest BCUT2D eigenvalue weighted by molar-refractivity contribution is 0.0115. The Labute approximate surface area is 162 Å². The first-order valence-corrected chi connectivity index (χ1v) is 11.0. The number of rotatable bonds is 4. The maximum atomic E-state index is 6.23. The zero-order valence-electron chi connectivity index (χ0n) is 18.7. The van der Waals surface area contributed by atoms with Crippen LogP contribution >= 0.6 is 0 Å². The van der Waals surface area contributed by atoms with Gasteiger partial charge in [-0.2, -0.15) is 0 Å². The fourth-order valence-corrected chi connectivity index (χ4v) is 6.35. The summed E-state index contributed by atoms with van der Waals surface area (Å²) in [5.41, 5.74) is 5.46. The molecule has 1 fully saturated rings. The Morgan fingerprint density at radius 2 is 1.81 bits per heavy atom. The van der Waals surface area contributed by atoms with Gasteiger partial charge in [0.2, 0.25) is 0 Å². The Balaban J connectivity index is 1.99. The van der Waals surface area contributed by atoms with Crippen LogP contribution in [0.5, 0.6) is 0 Å². The molecule has 0 aromatic carbocycles. The zero-order chi connectivity index (χ0) is 19.4. The molecular weight excluding hydrogens is 316 g/mol. The molecule has 1 heteroatoms. The lowest BCUT2D eigenvalue weighted by atomic mass is 9.63. The van der Waals surface area contributed by atoms with Crippen molar-refractivity contribution in [3.8, 4) is 0 Å². The summed E-state index contributed by atoms with van der Waals surface area (Å²) < 4.78 is 6.23. The number of ether oxygens (including phenoxy) is 1. The van der Waals surface area contributed by atoms with Gasteiger partial charge in [-0.05, 0) is 74.0 Å². The molecule has 7 atom stereocenters. The number of allylic oxidation sites excluding steroid dienone is 3. The molecule has 148 valence electrons. The van der Waals surface area contributed by atoms with Gasteiger partial charge in [-0.15, -0.1) is 0 Å². The summed E-state index contributed by atoms with van der Waals surface area (Å²) >= 11 is 0. The first-order valence-electron chi connectivity index (χ1n) is 11.0. The Hall–Kier alpha value is -0.560. The molecule has 1 nitrogen and oxygen atoms in total. The number of fused-ring (bicyclic) bond motifs is 1. The van der Waals surface area contributed by atoms with Crippen LogP contribution in [0.15, 0.2) is 22.8 Å². The van der Waals surface area contributed by atoms with Gasteiger partial charge in [0.1, 0.15) is 0 Å². The maximum absolute atomic E-state index is 6.23. The highest BCUT2D eigenvalue weighted by molar-refractivity contribution is 5.34. The predicted octanol–water partition coefficient (Wildman–Crippen LogP) is 6.89. The van der Waals surface area contributed by atoms with Gasteiger partial charge in [-0.1, -0.05) is 64.3 Å². The van der Waals surface area contributed by atoms with Crippen LogP contribution in [0.3, 0.4) is 0 Å². The van der Waals surface area contributed by atoms with Crippen LogP contribution in [0.25, 0.3) is 0 Å². The van der Waals surface area contributed by atoms with Crippen molar-refractivity contribution in [3.63, 3.8) is 0 Å². The number of hydrogen-bond acceptors (Lipinski definition) is 1. The van der Waals surface area contributed by atoms with E-state index in [0.29, 0.717) is 23.4 Å². The van der Waals surface area contributed by atoms with Crippen molar-refractivity contribution in [1.82, 2.24) is 0 Å². The van der Waals surface area contributed by atoms with Crippen LogP contribution < -0.4 is 0 Å². The minimum Gasteiger partial charge on any atom is -0.380 e. The standard InChI is InChI=1S/C25H42O/c1-14(2)10-20-16(4)21-17(5)22(21)24(26-9)23(20)18-11-15(3)12-19(13-18)25(6,7)8/h11,14,17-19,21-24H,10,12-13H2,1-9H3/t17-,18?,19?,21+,22+,23?,24?/m0/s1. The third-order valence-electron chi connectivity index (χ3n) is 7.80. The molecule has 1 saturated carbocycles. The second kappa shape index (κ2) is 7.12. The first-order chi connectivity index (χ1) is 12.1. The molecule has 0 saturated heterocycles. The van der Waals surface area contributed by atoms with Crippen molar-refractivity contribution < 1.29 is 4.74 Å². The molecule has 0 aliphatic heterocycles. The van der Waals surface area contributed by atoms with Crippen molar-refractivity contribution in [1.29, 1.82) is 0 Å². The summed E-state index contributed by atoms with van der Waals surface area (Å²) in [6, 6.07) is 0. The van der Waals surface area contributed by atoms with Gasteiger partial charge >= 0.3 is 0 Å². The molecule has 0 radical (unpaired) electrons. The van der Waals surface area contributed by atoms with Crippen LogP contribution in [-0.4, -0.2) is 13.2 Å². The first kappa shape index (κ1) is 20.2. The van der Waals surface area contributed by atoms with E-state index in [1.54, 1.807) is 16.7 Å². The lowest BCUT2D eigenvalue weighted by Crippen LogP contribution is -2.39. The van der Waals surface area contributed by atoms with Crippen LogP contribution in [-0.2, 0) is 4.74 Å². The molecule has 4 unspecified atom stereocenters. The van der Waals surface area contributed by atoms with E-state index in [1.807, 2.05) is 7.11 Å². The molecule has 0 spiro atoms. The van der Waals surface area contributed by atoms with Crippen LogP contribution in [0.1, 0.15) is 74.7 Å². The van der Waals surface area contributed by atoms with Crippen molar-refractivity contribution in [2.24, 2.45) is 46.8 Å². The molecule has 3 aliphatic rings. The SMILES string of the molecule is COC1C(C2C=C(C)CC(C(C)(C)C)C2)C(CC(C)C)=C(C)[C@@H]2[C@H](C)[C@@H]12. The van der Waals surface area contributed by atoms with Crippen molar-refractivity contribution in [2.75, 3.05) is 7.11 Å². The average molecular weight is 359 g/mol. The Morgan fingerprint density at radius 1 is 1.15 bits per heavy atom. The quantitative estimate of drug-likeness (QED) is 0.497. The van der Waals surface area contributed by atoms with E-state index in [0.717, 1.165) is 29.6 Å². The van der Waals surface area contributed by atoms with Gasteiger partial charge in [0.25, 0.3) is 0 Å². The summed E-state index contributed by atoms with van der Waals surface area (Å²) in [5.74, 6) is 5.09. The van der Waals surface area contributed by atoms with E-state index < -0.39 is 0 Å². The zero-order valence-corrected chi connectivity index (χ0v) is 18.7. The fourth-order valence-electron chi connectivity index (χ4n) is 6.35. The highest BCUT2D eigenvalue weighted by atomic mass is 16.5. The van der Waals surface area contributed by atoms with Crippen LogP contribution in [0.2, 0.25) is 0 Å². The molecule has 0 aromatic rings. The van der Waals surface area contributed by atoms with Gasteiger partial charge in [-0.3, -0.25) is 0 Å². The molecule has 0 amide bonds. The molecule has 0 heterocycles. The Kier molecular flexibility index (Phi) is 5.52. The molecule has 3 aliphatic carbocycles. The monoisotopic (exact) mass is 358 g/mol. The largest absolute Gasteiger partial charge is 0.380 e. The van der Waals surface area contributed by atoms with E-state index in [9.17, 15) is 0 Å². The second-order valence-electron chi connectivity index (χ2n) is 11.2. The van der Waals surface area contributed by atoms with E-state index in [-0.39, 0.29) is 0 Å². The summed E-state index contributed by atoms with van der Waals surface area (Å²) in [6.07, 6.45) is 6.89. The highest BCUT2D eigenvalue weighted by Crippen LogP contribution is 2.62. The third-order valence-corrected chi connectivity index (χ3v) is 7.80. The molecule has 0 bridgehead atoms. The van der Waals surface area contributed by atoms with E-state index >= 15 is 0 Å². The van der Waals surface area contributed by atoms with Gasteiger partial charge in [-0.25, -0.2) is 0 Å². The van der Waals surface area contributed by atoms with Crippen LogP contribution in [0.4, 0.5) is 0 Å². The van der Waals surface area contributed by atoms with E-state index in [4.69, 9.17) is 4.74 Å². The van der Waals surface area contributed by atoms with Gasteiger partial charge in [0, 0.05) is 13.0 Å². The summed E-state index contributed by atoms with van der Waals surface area (Å²) in [5, 5.41) is 0. The molecule has 26 heavy (non-hydrogen) atoms. The fraction of sp³-hybridized carbons (Fsp3) is 0.840. The molecular formula is C25H42O. The van der Waals surface area contributed by atoms with Crippen LogP contribution in [0, 0.1) is 46.8 Å². The Bertz CT molecular complexity index is 588. The summed E-state index contributed by atoms with van der Waals surface area (Å²) in [4.78, 5) is 0. The van der Waals surface area contributed by atoms with Gasteiger partial charge in [0.15, 0.2) is 0 Å². The van der Waals surface area contributed by atoms with Crippen molar-refractivity contribution in [2.45, 2.75) is 80.8 Å². The van der Waals surface area contributed by atoms with Crippen molar-refractivity contribution in [3.05, 3.63) is 22.8 Å². The average Bonchev–Trinajstić information content (AvgIpc) is 3.19. The van der Waals surface area contributed by atoms with Gasteiger partial charge < -0.3 is 4.74 Å². The van der Waals surface area contributed by atoms with E-state index in [2.05, 4.69) is 61.5 Å². The number of methoxy groups -OCH3 is 1. The lowest BCUT2D eigenvalue weighted by Gasteiger charge is -2.44. The molecule has 0 N–H and O–H groups in total. The highest BCUT2D eigenvalue weighted by Gasteiger charge is 2.59. The summed E-state index contributed by atoms with van der Waals surface area (Å²) in [6.45, 7) is 19.3. The molecule has 3 rings (SSSR count). The topological polar surface area (TPSA) is 9.23 Å². The second-order valence-corrected chi connectivity index (χ2v) is 11.2. The predicted molar refractivity (Wildman–Crippen MR) is 112 cm³/mol. The number of hydrogen-bond donors (Lipinski definition) is 0. The molecule has 0 aromatic heterocycles. The third kappa shape index (κ3) is 3.58. The smallest absolute Gasteiger partial charge is 0.0679 e.